The predicted octanol–water partition coefficient (Wildman–Crippen LogP) is 7.63. The van der Waals surface area contributed by atoms with E-state index in [-0.39, 0.29) is 6.61 Å². The Kier molecular flexibility index (Phi) is 20.5. The van der Waals surface area contributed by atoms with Gasteiger partial charge in [-0.3, -0.25) is 4.55 Å². The maximum absolute atomic E-state index is 10.4. The van der Waals surface area contributed by atoms with Gasteiger partial charge in [-0.2, -0.15) is 8.42 Å². The maximum Gasteiger partial charge on any atom is 0.397 e. The molecule has 0 bridgehead atoms. The smallest absolute Gasteiger partial charge is 0.264 e. The third-order valence-electron chi connectivity index (χ3n) is 5.23. The van der Waals surface area contributed by atoms with Gasteiger partial charge in [-0.1, -0.05) is 129 Å². The van der Waals surface area contributed by atoms with Crippen LogP contribution in [0.25, 0.3) is 0 Å². The number of hydrogen-bond acceptors (Lipinski definition) is 3. The molecule has 27 heavy (non-hydrogen) atoms. The molecule has 5 heteroatoms. The summed E-state index contributed by atoms with van der Waals surface area (Å²) < 4.78 is 33.5. The van der Waals surface area contributed by atoms with Gasteiger partial charge >= 0.3 is 10.4 Å². The Morgan fingerprint density at radius 1 is 0.519 bits per heavy atom. The van der Waals surface area contributed by atoms with Gasteiger partial charge in [0, 0.05) is 0 Å². The van der Waals surface area contributed by atoms with Crippen molar-refractivity contribution in [1.82, 2.24) is 0 Å². The predicted molar refractivity (Wildman–Crippen MR) is 116 cm³/mol. The van der Waals surface area contributed by atoms with Gasteiger partial charge in [0.2, 0.25) is 0 Å². The Labute approximate surface area is 169 Å². The van der Waals surface area contributed by atoms with Crippen LogP contribution in [-0.4, -0.2) is 19.6 Å². The molecule has 4 nitrogen and oxygen atoms in total. The van der Waals surface area contributed by atoms with Crippen LogP contribution in [0.15, 0.2) is 0 Å². The summed E-state index contributed by atoms with van der Waals surface area (Å²) in [6.07, 6.45) is 26.3. The lowest BCUT2D eigenvalue weighted by atomic mass is 10.0. The van der Waals surface area contributed by atoms with Crippen molar-refractivity contribution in [3.63, 3.8) is 0 Å². The highest BCUT2D eigenvalue weighted by atomic mass is 32.3. The van der Waals surface area contributed by atoms with E-state index >= 15 is 0 Å². The van der Waals surface area contributed by atoms with Gasteiger partial charge < -0.3 is 0 Å². The van der Waals surface area contributed by atoms with E-state index in [1.165, 1.54) is 109 Å². The van der Waals surface area contributed by atoms with Crippen molar-refractivity contribution in [2.75, 3.05) is 6.61 Å². The van der Waals surface area contributed by atoms with Gasteiger partial charge in [0.1, 0.15) is 0 Å². The van der Waals surface area contributed by atoms with Crippen molar-refractivity contribution < 1.29 is 17.2 Å². The molecule has 0 rings (SSSR count). The normalized spacial score (nSPS) is 11.9. The highest BCUT2D eigenvalue weighted by Crippen LogP contribution is 2.14. The van der Waals surface area contributed by atoms with Gasteiger partial charge in [-0.25, -0.2) is 4.18 Å². The minimum absolute atomic E-state index is 0.0950. The SMILES string of the molecule is CCCCCCCCCCCCCCCCCCCCCCOS(=O)(=O)O. The minimum atomic E-state index is -4.25. The van der Waals surface area contributed by atoms with E-state index in [4.69, 9.17) is 4.55 Å². The third-order valence-corrected chi connectivity index (χ3v) is 5.69. The Hall–Kier alpha value is -0.130. The second kappa shape index (κ2) is 20.6. The number of rotatable bonds is 22. The van der Waals surface area contributed by atoms with Crippen molar-refractivity contribution >= 4 is 10.4 Å². The zero-order valence-corrected chi connectivity index (χ0v) is 18.7. The van der Waals surface area contributed by atoms with E-state index in [0.717, 1.165) is 12.8 Å². The molecule has 0 aromatic rings. The molecule has 0 saturated carbocycles. The molecule has 0 radical (unpaired) electrons. The lowest BCUT2D eigenvalue weighted by molar-refractivity contribution is 0.261. The van der Waals surface area contributed by atoms with Gasteiger partial charge in [0.05, 0.1) is 6.61 Å². The summed E-state index contributed by atoms with van der Waals surface area (Å²) in [5.41, 5.74) is 0. The van der Waals surface area contributed by atoms with Crippen molar-refractivity contribution in [3.05, 3.63) is 0 Å². The van der Waals surface area contributed by atoms with Crippen LogP contribution in [0.3, 0.4) is 0 Å². The zero-order chi connectivity index (χ0) is 20.1. The summed E-state index contributed by atoms with van der Waals surface area (Å²) in [6.45, 7) is 2.37. The van der Waals surface area contributed by atoms with Crippen molar-refractivity contribution in [2.45, 2.75) is 135 Å². The highest BCUT2D eigenvalue weighted by Gasteiger charge is 2.02. The Bertz CT molecular complexity index is 382. The monoisotopic (exact) mass is 406 g/mol. The molecule has 0 fully saturated rings. The Morgan fingerprint density at radius 2 is 0.778 bits per heavy atom. The molecule has 0 amide bonds. The molecule has 0 atom stereocenters. The number of hydrogen-bond donors (Lipinski definition) is 1. The van der Waals surface area contributed by atoms with E-state index in [1.54, 1.807) is 0 Å². The van der Waals surface area contributed by atoms with Crippen LogP contribution in [-0.2, 0) is 14.6 Å². The van der Waals surface area contributed by atoms with Gasteiger partial charge in [0.15, 0.2) is 0 Å². The summed E-state index contributed by atoms with van der Waals surface area (Å²) in [7, 11) is -4.25. The summed E-state index contributed by atoms with van der Waals surface area (Å²) >= 11 is 0. The van der Waals surface area contributed by atoms with Crippen LogP contribution >= 0.6 is 0 Å². The first-order valence-electron chi connectivity index (χ1n) is 11.7. The van der Waals surface area contributed by atoms with Crippen LogP contribution in [0, 0.1) is 0 Å². The van der Waals surface area contributed by atoms with Crippen molar-refractivity contribution in [1.29, 1.82) is 0 Å². The van der Waals surface area contributed by atoms with Crippen LogP contribution in [0.4, 0.5) is 0 Å². The zero-order valence-electron chi connectivity index (χ0n) is 17.9. The van der Waals surface area contributed by atoms with Crippen LogP contribution < -0.4 is 0 Å². The van der Waals surface area contributed by atoms with E-state index in [9.17, 15) is 8.42 Å². The molecule has 0 saturated heterocycles. The fourth-order valence-corrected chi connectivity index (χ4v) is 3.85. The average Bonchev–Trinajstić information content (AvgIpc) is 2.62. The molecule has 0 heterocycles. The topological polar surface area (TPSA) is 63.6 Å². The lowest BCUT2D eigenvalue weighted by Crippen LogP contribution is -2.04. The fraction of sp³-hybridized carbons (Fsp3) is 1.00. The fourth-order valence-electron chi connectivity index (χ4n) is 3.52. The van der Waals surface area contributed by atoms with E-state index in [0.29, 0.717) is 6.42 Å². The van der Waals surface area contributed by atoms with E-state index < -0.39 is 10.4 Å². The number of unbranched alkanes of at least 4 members (excludes halogenated alkanes) is 19. The van der Waals surface area contributed by atoms with Crippen LogP contribution in [0.5, 0.6) is 0 Å². The molecule has 0 aromatic carbocycles. The molecular formula is C22H46O4S. The maximum atomic E-state index is 10.4. The summed E-state index contributed by atoms with van der Waals surface area (Å²) in [4.78, 5) is 0. The van der Waals surface area contributed by atoms with E-state index in [1.807, 2.05) is 0 Å². The first-order chi connectivity index (χ1) is 13.1. The summed E-state index contributed by atoms with van der Waals surface area (Å²) in [5, 5.41) is 0. The molecule has 0 aromatic heterocycles. The third kappa shape index (κ3) is 25.9. The first-order valence-corrected chi connectivity index (χ1v) is 13.0. The molecule has 0 aliphatic carbocycles. The van der Waals surface area contributed by atoms with Gasteiger partial charge in [0.25, 0.3) is 0 Å². The molecular weight excluding hydrogens is 360 g/mol. The first kappa shape index (κ1) is 26.9. The Balaban J connectivity index is 3.03. The minimum Gasteiger partial charge on any atom is -0.264 e. The summed E-state index contributed by atoms with van der Waals surface area (Å²) in [5.74, 6) is 0. The van der Waals surface area contributed by atoms with Gasteiger partial charge in [-0.05, 0) is 6.42 Å². The largest absolute Gasteiger partial charge is 0.397 e. The lowest BCUT2D eigenvalue weighted by Gasteiger charge is -2.04. The molecule has 0 spiro atoms. The molecule has 0 aliphatic heterocycles. The molecule has 0 aliphatic rings. The van der Waals surface area contributed by atoms with Crippen molar-refractivity contribution in [3.8, 4) is 0 Å². The summed E-state index contributed by atoms with van der Waals surface area (Å²) in [6, 6.07) is 0. The van der Waals surface area contributed by atoms with E-state index in [2.05, 4.69) is 11.1 Å². The average molecular weight is 407 g/mol. The van der Waals surface area contributed by atoms with Gasteiger partial charge in [-0.15, -0.1) is 0 Å². The second-order valence-corrected chi connectivity index (χ2v) is 9.06. The van der Waals surface area contributed by atoms with Crippen LogP contribution in [0.1, 0.15) is 135 Å². The molecule has 0 unspecified atom stereocenters. The standard InChI is InChI=1S/C22H46O4S/c1-2-3-4-5-6-7-8-9-10-11-12-13-14-15-16-17-18-19-20-21-22-26-27(23,24)25/h2-22H2,1H3,(H,23,24,25). The highest BCUT2D eigenvalue weighted by molar-refractivity contribution is 7.80. The molecule has 164 valence electrons. The second-order valence-electron chi connectivity index (χ2n) is 7.97. The molecule has 1 N–H and O–H groups in total. The van der Waals surface area contributed by atoms with Crippen LogP contribution in [0.2, 0.25) is 0 Å². The quantitative estimate of drug-likeness (QED) is 0.148. The Morgan fingerprint density at radius 3 is 1.04 bits per heavy atom. The van der Waals surface area contributed by atoms with Crippen molar-refractivity contribution in [2.24, 2.45) is 0 Å².